The molecule has 2 aliphatic rings. The first-order chi connectivity index (χ1) is 16.2. The summed E-state index contributed by atoms with van der Waals surface area (Å²) in [6.07, 6.45) is -3.14. The molecule has 4 atom stereocenters. The highest BCUT2D eigenvalue weighted by molar-refractivity contribution is 7.87. The number of aryl methyl sites for hydroxylation is 2. The van der Waals surface area contributed by atoms with Gasteiger partial charge in [-0.15, -0.1) is 0 Å². The summed E-state index contributed by atoms with van der Waals surface area (Å²) in [6, 6.07) is 12.5. The maximum absolute atomic E-state index is 12.5. The van der Waals surface area contributed by atoms with Crippen LogP contribution in [0.4, 0.5) is 0 Å². The Balaban J connectivity index is 1.39. The molecule has 10 nitrogen and oxygen atoms in total. The minimum atomic E-state index is -4.02. The SMILES string of the molecule is Cc1ccc(S(=O)(=O)OC[C@@H]2OCO[C@@H](COS(=O)(=O)c3ccc(C)cc3)[C@H]3OCO[C@@H]32)cc1. The molecule has 0 bridgehead atoms. The van der Waals surface area contributed by atoms with E-state index in [2.05, 4.69) is 0 Å². The molecule has 2 aromatic carbocycles. The first kappa shape index (κ1) is 25.2. The highest BCUT2D eigenvalue weighted by Gasteiger charge is 2.45. The van der Waals surface area contributed by atoms with E-state index in [1.807, 2.05) is 13.8 Å². The van der Waals surface area contributed by atoms with E-state index >= 15 is 0 Å². The van der Waals surface area contributed by atoms with Gasteiger partial charge in [-0.25, -0.2) is 0 Å². The van der Waals surface area contributed by atoms with Gasteiger partial charge in [0, 0.05) is 0 Å². The van der Waals surface area contributed by atoms with Crippen LogP contribution >= 0.6 is 0 Å². The molecule has 2 fully saturated rings. The fourth-order valence-corrected chi connectivity index (χ4v) is 5.41. The van der Waals surface area contributed by atoms with Crippen LogP contribution in [0.15, 0.2) is 58.3 Å². The van der Waals surface area contributed by atoms with Crippen LogP contribution in [0.25, 0.3) is 0 Å². The lowest BCUT2D eigenvalue weighted by Crippen LogP contribution is -2.45. The van der Waals surface area contributed by atoms with Crippen LogP contribution < -0.4 is 0 Å². The first-order valence-electron chi connectivity index (χ1n) is 10.5. The summed E-state index contributed by atoms with van der Waals surface area (Å²) in [7, 11) is -8.03. The average Bonchev–Trinajstić information content (AvgIpc) is 3.22. The topological polar surface area (TPSA) is 124 Å². The minimum absolute atomic E-state index is 0.0238. The van der Waals surface area contributed by atoms with E-state index in [9.17, 15) is 16.8 Å². The monoisotopic (exact) mass is 514 g/mol. The van der Waals surface area contributed by atoms with Gasteiger partial charge in [-0.05, 0) is 38.1 Å². The van der Waals surface area contributed by atoms with Gasteiger partial charge in [0.05, 0.1) is 23.0 Å². The van der Waals surface area contributed by atoms with E-state index in [4.69, 9.17) is 27.3 Å². The van der Waals surface area contributed by atoms with Gasteiger partial charge in [-0.3, -0.25) is 8.37 Å². The molecule has 0 aromatic heterocycles. The van der Waals surface area contributed by atoms with E-state index < -0.39 is 44.7 Å². The molecular formula is C22H26O10S2. The highest BCUT2D eigenvalue weighted by atomic mass is 32.2. The zero-order valence-corrected chi connectivity index (χ0v) is 20.3. The Morgan fingerprint density at radius 3 is 1.38 bits per heavy atom. The molecule has 2 aliphatic heterocycles. The van der Waals surface area contributed by atoms with E-state index in [0.717, 1.165) is 11.1 Å². The minimum Gasteiger partial charge on any atom is -0.347 e. The molecule has 0 aliphatic carbocycles. The van der Waals surface area contributed by atoms with Crippen molar-refractivity contribution < 1.29 is 44.1 Å². The lowest BCUT2D eigenvalue weighted by atomic mass is 10.0. The van der Waals surface area contributed by atoms with Crippen LogP contribution in [-0.4, -0.2) is 68.1 Å². The Kier molecular flexibility index (Phi) is 7.69. The summed E-state index contributed by atoms with van der Waals surface area (Å²) in [5.41, 5.74) is 1.83. The van der Waals surface area contributed by atoms with E-state index in [1.165, 1.54) is 24.3 Å². The maximum atomic E-state index is 12.5. The van der Waals surface area contributed by atoms with Crippen molar-refractivity contribution in [2.45, 2.75) is 48.1 Å². The smallest absolute Gasteiger partial charge is 0.297 e. The molecule has 0 saturated carbocycles. The number of rotatable bonds is 8. The molecule has 0 radical (unpaired) electrons. The van der Waals surface area contributed by atoms with Gasteiger partial charge in [0.25, 0.3) is 20.2 Å². The summed E-state index contributed by atoms with van der Waals surface area (Å²) in [6.45, 7) is 2.68. The third-order valence-electron chi connectivity index (χ3n) is 5.54. The number of benzene rings is 2. The molecule has 2 saturated heterocycles. The second-order valence-electron chi connectivity index (χ2n) is 8.01. The Morgan fingerprint density at radius 2 is 1.00 bits per heavy atom. The Bertz CT molecular complexity index is 1080. The van der Waals surface area contributed by atoms with E-state index in [1.54, 1.807) is 24.3 Å². The van der Waals surface area contributed by atoms with Crippen molar-refractivity contribution in [2.24, 2.45) is 0 Å². The zero-order valence-electron chi connectivity index (χ0n) is 18.7. The Morgan fingerprint density at radius 1 is 0.647 bits per heavy atom. The van der Waals surface area contributed by atoms with Gasteiger partial charge < -0.3 is 18.9 Å². The normalized spacial score (nSPS) is 25.6. The average molecular weight is 515 g/mol. The second kappa shape index (κ2) is 10.4. The van der Waals surface area contributed by atoms with Crippen molar-refractivity contribution >= 4 is 20.2 Å². The number of hydrogen-bond donors (Lipinski definition) is 0. The van der Waals surface area contributed by atoms with Crippen molar-refractivity contribution in [1.82, 2.24) is 0 Å². The highest BCUT2D eigenvalue weighted by Crippen LogP contribution is 2.28. The largest absolute Gasteiger partial charge is 0.347 e. The van der Waals surface area contributed by atoms with Crippen molar-refractivity contribution in [3.63, 3.8) is 0 Å². The third kappa shape index (κ3) is 5.83. The van der Waals surface area contributed by atoms with E-state index in [-0.39, 0.29) is 36.6 Å². The molecule has 0 N–H and O–H groups in total. The van der Waals surface area contributed by atoms with Gasteiger partial charge in [-0.2, -0.15) is 16.8 Å². The quantitative estimate of drug-likeness (QED) is 0.483. The van der Waals surface area contributed by atoms with Gasteiger partial charge in [0.1, 0.15) is 38.0 Å². The molecule has 34 heavy (non-hydrogen) atoms. The van der Waals surface area contributed by atoms with Crippen LogP contribution in [0.1, 0.15) is 11.1 Å². The number of ether oxygens (including phenoxy) is 4. The molecule has 0 amide bonds. The summed E-state index contributed by atoms with van der Waals surface area (Å²) in [5, 5.41) is 0. The maximum Gasteiger partial charge on any atom is 0.297 e. The molecule has 4 rings (SSSR count). The van der Waals surface area contributed by atoms with Crippen LogP contribution in [-0.2, 0) is 47.5 Å². The Hall–Kier alpha value is -1.90. The first-order valence-corrected chi connectivity index (χ1v) is 13.4. The third-order valence-corrected chi connectivity index (χ3v) is 8.13. The van der Waals surface area contributed by atoms with Crippen LogP contribution in [0.2, 0.25) is 0 Å². The summed E-state index contributed by atoms with van der Waals surface area (Å²) in [5.74, 6) is 0. The van der Waals surface area contributed by atoms with Crippen molar-refractivity contribution in [3.05, 3.63) is 59.7 Å². The zero-order chi connectivity index (χ0) is 24.3. The molecule has 0 unspecified atom stereocenters. The van der Waals surface area contributed by atoms with Crippen molar-refractivity contribution in [1.29, 1.82) is 0 Å². The molecule has 12 heteroatoms. The van der Waals surface area contributed by atoms with Gasteiger partial charge in [-0.1, -0.05) is 35.4 Å². The van der Waals surface area contributed by atoms with Gasteiger partial charge >= 0.3 is 0 Å². The summed E-state index contributed by atoms with van der Waals surface area (Å²) < 4.78 is 82.9. The lowest BCUT2D eigenvalue weighted by Gasteiger charge is -2.25. The lowest BCUT2D eigenvalue weighted by molar-refractivity contribution is -0.142. The van der Waals surface area contributed by atoms with Crippen LogP contribution in [0, 0.1) is 13.8 Å². The van der Waals surface area contributed by atoms with Crippen molar-refractivity contribution in [2.75, 3.05) is 26.8 Å². The van der Waals surface area contributed by atoms with Gasteiger partial charge in [0.15, 0.2) is 0 Å². The molecule has 0 spiro atoms. The number of fused-ring (bicyclic) bond motifs is 1. The van der Waals surface area contributed by atoms with Crippen LogP contribution in [0.5, 0.6) is 0 Å². The predicted octanol–water partition coefficient (Wildman–Crippen LogP) is 1.90. The van der Waals surface area contributed by atoms with Crippen LogP contribution in [0.3, 0.4) is 0 Å². The molecular weight excluding hydrogens is 488 g/mol. The standard InChI is InChI=1S/C22H26O10S2/c1-15-3-7-17(8-4-15)33(23,24)31-11-19-21-22(30-14-29-21)20(28-13-27-19)12-32-34(25,26)18-9-5-16(2)6-10-18/h3-10,19-22H,11-14H2,1-2H3/t19-,20-,21+,22+/m0/s1. The van der Waals surface area contributed by atoms with E-state index in [0.29, 0.717) is 0 Å². The van der Waals surface area contributed by atoms with Gasteiger partial charge in [0.2, 0.25) is 0 Å². The molecule has 186 valence electrons. The fraction of sp³-hybridized carbons (Fsp3) is 0.455. The summed E-state index contributed by atoms with van der Waals surface area (Å²) in [4.78, 5) is 0.0476. The fourth-order valence-electron chi connectivity index (χ4n) is 3.57. The second-order valence-corrected chi connectivity index (χ2v) is 11.2. The molecule has 2 aromatic rings. The number of hydrogen-bond acceptors (Lipinski definition) is 10. The summed E-state index contributed by atoms with van der Waals surface area (Å²) >= 11 is 0. The molecule has 2 heterocycles. The predicted molar refractivity (Wildman–Crippen MR) is 118 cm³/mol. The van der Waals surface area contributed by atoms with Crippen molar-refractivity contribution in [3.8, 4) is 0 Å². The Labute approximate surface area is 198 Å².